The maximum Gasteiger partial charge on any atom is 0.152 e. The molecule has 0 amide bonds. The third-order valence-corrected chi connectivity index (χ3v) is 2.69. The Bertz CT molecular complexity index is 491. The molecule has 0 unspecified atom stereocenters. The number of rotatable bonds is 3. The Morgan fingerprint density at radius 3 is 2.94 bits per heavy atom. The molecule has 0 spiro atoms. The smallest absolute Gasteiger partial charge is 0.152 e. The zero-order valence-electron chi connectivity index (χ0n) is 9.34. The Labute approximate surface area is 99.9 Å². The molecular formula is C12H14ClN3. The molecule has 0 atom stereocenters. The third-order valence-electron chi connectivity index (χ3n) is 2.37. The molecule has 0 aliphatic heterocycles. The largest absolute Gasteiger partial charge is 0.339 e. The molecule has 0 bridgehead atoms. The van der Waals surface area contributed by atoms with E-state index in [2.05, 4.69) is 34.3 Å². The fraction of sp³-hybridized carbons (Fsp3) is 0.250. The van der Waals surface area contributed by atoms with Crippen molar-refractivity contribution in [2.75, 3.05) is 7.05 Å². The van der Waals surface area contributed by atoms with Crippen molar-refractivity contribution in [3.05, 3.63) is 40.7 Å². The standard InChI is InChI=1S/C12H14ClN3/c1-8-4-3-5-9(6-8)12-15-10(7-14-2)11(13)16-12/h3-6,14H,7H2,1-2H3,(H,15,16). The van der Waals surface area contributed by atoms with Crippen molar-refractivity contribution in [3.63, 3.8) is 0 Å². The summed E-state index contributed by atoms with van der Waals surface area (Å²) in [4.78, 5) is 7.53. The van der Waals surface area contributed by atoms with Gasteiger partial charge in [0.05, 0.1) is 5.69 Å². The van der Waals surface area contributed by atoms with E-state index in [4.69, 9.17) is 11.6 Å². The summed E-state index contributed by atoms with van der Waals surface area (Å²) < 4.78 is 0. The first-order valence-electron chi connectivity index (χ1n) is 5.16. The molecule has 84 valence electrons. The van der Waals surface area contributed by atoms with Crippen molar-refractivity contribution < 1.29 is 0 Å². The molecule has 0 saturated heterocycles. The average molecular weight is 236 g/mol. The van der Waals surface area contributed by atoms with Crippen LogP contribution >= 0.6 is 11.6 Å². The highest BCUT2D eigenvalue weighted by Gasteiger charge is 2.08. The number of benzene rings is 1. The molecule has 2 N–H and O–H groups in total. The molecule has 4 heteroatoms. The molecule has 0 aliphatic rings. The molecule has 2 aromatic rings. The van der Waals surface area contributed by atoms with E-state index in [0.29, 0.717) is 11.7 Å². The number of H-pyrrole nitrogens is 1. The fourth-order valence-corrected chi connectivity index (χ4v) is 1.81. The lowest BCUT2D eigenvalue weighted by Gasteiger charge is -1.98. The minimum Gasteiger partial charge on any atom is -0.339 e. The van der Waals surface area contributed by atoms with E-state index in [9.17, 15) is 0 Å². The molecule has 0 fully saturated rings. The number of nitrogens with one attached hydrogen (secondary N) is 2. The number of imidazole rings is 1. The second-order valence-electron chi connectivity index (χ2n) is 3.75. The zero-order chi connectivity index (χ0) is 11.5. The minimum absolute atomic E-state index is 0.533. The van der Waals surface area contributed by atoms with Crippen LogP contribution < -0.4 is 5.32 Å². The van der Waals surface area contributed by atoms with Crippen molar-refractivity contribution in [2.24, 2.45) is 0 Å². The molecule has 0 aliphatic carbocycles. The second-order valence-corrected chi connectivity index (χ2v) is 4.11. The molecule has 3 nitrogen and oxygen atoms in total. The number of nitrogens with zero attached hydrogens (tertiary/aromatic N) is 1. The minimum atomic E-state index is 0.533. The summed E-state index contributed by atoms with van der Waals surface area (Å²) in [7, 11) is 1.88. The Morgan fingerprint density at radius 2 is 2.25 bits per heavy atom. The van der Waals surface area contributed by atoms with Crippen LogP contribution in [0.2, 0.25) is 5.15 Å². The van der Waals surface area contributed by atoms with E-state index in [1.54, 1.807) is 0 Å². The van der Waals surface area contributed by atoms with Crippen molar-refractivity contribution in [1.82, 2.24) is 15.3 Å². The van der Waals surface area contributed by atoms with Gasteiger partial charge in [-0.2, -0.15) is 0 Å². The van der Waals surface area contributed by atoms with Gasteiger partial charge in [0.15, 0.2) is 5.15 Å². The summed E-state index contributed by atoms with van der Waals surface area (Å²) in [5.41, 5.74) is 3.19. The topological polar surface area (TPSA) is 40.7 Å². The highest BCUT2D eigenvalue weighted by molar-refractivity contribution is 6.30. The Balaban J connectivity index is 2.37. The number of aromatic nitrogens is 2. The zero-order valence-corrected chi connectivity index (χ0v) is 10.1. The quantitative estimate of drug-likeness (QED) is 0.859. The molecule has 16 heavy (non-hydrogen) atoms. The SMILES string of the molecule is CNCc1[nH]c(-c2cccc(C)c2)nc1Cl. The van der Waals surface area contributed by atoms with Gasteiger partial charge in [-0.1, -0.05) is 35.4 Å². The summed E-state index contributed by atoms with van der Waals surface area (Å²) in [5.74, 6) is 0.818. The Kier molecular flexibility index (Phi) is 3.27. The van der Waals surface area contributed by atoms with E-state index in [0.717, 1.165) is 17.1 Å². The predicted molar refractivity (Wildman–Crippen MR) is 66.5 cm³/mol. The Morgan fingerprint density at radius 1 is 1.44 bits per heavy atom. The molecule has 1 heterocycles. The van der Waals surface area contributed by atoms with Gasteiger partial charge in [0.1, 0.15) is 5.82 Å². The van der Waals surface area contributed by atoms with Crippen molar-refractivity contribution in [2.45, 2.75) is 13.5 Å². The number of halogens is 1. The highest BCUT2D eigenvalue weighted by Crippen LogP contribution is 2.21. The van der Waals surface area contributed by atoms with Gasteiger partial charge in [-0.05, 0) is 20.0 Å². The van der Waals surface area contributed by atoms with Crippen LogP contribution in [0, 0.1) is 6.92 Å². The van der Waals surface area contributed by atoms with Gasteiger partial charge in [0.25, 0.3) is 0 Å². The molecule has 1 aromatic carbocycles. The molecule has 1 aromatic heterocycles. The van der Waals surface area contributed by atoms with Crippen molar-refractivity contribution in [1.29, 1.82) is 0 Å². The molecule has 0 radical (unpaired) electrons. The van der Waals surface area contributed by atoms with Crippen LogP contribution in [0.1, 0.15) is 11.3 Å². The monoisotopic (exact) mass is 235 g/mol. The van der Waals surface area contributed by atoms with Crippen LogP contribution in [0.15, 0.2) is 24.3 Å². The number of aryl methyl sites for hydroxylation is 1. The van der Waals surface area contributed by atoms with E-state index in [1.807, 2.05) is 19.2 Å². The van der Waals surface area contributed by atoms with E-state index in [1.165, 1.54) is 5.56 Å². The summed E-state index contributed by atoms with van der Waals surface area (Å²) in [6, 6.07) is 8.17. The maximum atomic E-state index is 6.03. The summed E-state index contributed by atoms with van der Waals surface area (Å²) in [5, 5.41) is 3.58. The lowest BCUT2D eigenvalue weighted by atomic mass is 10.1. The summed E-state index contributed by atoms with van der Waals surface area (Å²) in [6.45, 7) is 2.75. The number of aromatic amines is 1. The fourth-order valence-electron chi connectivity index (χ4n) is 1.61. The number of hydrogen-bond donors (Lipinski definition) is 2. The van der Waals surface area contributed by atoms with Crippen LogP contribution in [0.5, 0.6) is 0 Å². The molecule has 2 rings (SSSR count). The van der Waals surface area contributed by atoms with Crippen LogP contribution in [-0.2, 0) is 6.54 Å². The lowest BCUT2D eigenvalue weighted by Crippen LogP contribution is -2.05. The van der Waals surface area contributed by atoms with Gasteiger partial charge < -0.3 is 10.3 Å². The summed E-state index contributed by atoms with van der Waals surface area (Å²) in [6.07, 6.45) is 0. The predicted octanol–water partition coefficient (Wildman–Crippen LogP) is 2.76. The summed E-state index contributed by atoms with van der Waals surface area (Å²) >= 11 is 6.03. The van der Waals surface area contributed by atoms with Gasteiger partial charge in [-0.3, -0.25) is 0 Å². The van der Waals surface area contributed by atoms with E-state index >= 15 is 0 Å². The van der Waals surface area contributed by atoms with Crippen LogP contribution in [-0.4, -0.2) is 17.0 Å². The Hall–Kier alpha value is -1.32. The molecule has 0 saturated carbocycles. The van der Waals surface area contributed by atoms with Crippen LogP contribution in [0.4, 0.5) is 0 Å². The second kappa shape index (κ2) is 4.68. The average Bonchev–Trinajstić information content (AvgIpc) is 2.61. The first kappa shape index (κ1) is 11.2. The lowest BCUT2D eigenvalue weighted by molar-refractivity contribution is 0.798. The van der Waals surface area contributed by atoms with E-state index in [-0.39, 0.29) is 0 Å². The van der Waals surface area contributed by atoms with Gasteiger partial charge >= 0.3 is 0 Å². The van der Waals surface area contributed by atoms with Gasteiger partial charge in [-0.15, -0.1) is 0 Å². The van der Waals surface area contributed by atoms with E-state index < -0.39 is 0 Å². The third kappa shape index (κ3) is 2.26. The van der Waals surface area contributed by atoms with Gasteiger partial charge in [0, 0.05) is 12.1 Å². The number of hydrogen-bond acceptors (Lipinski definition) is 2. The normalized spacial score (nSPS) is 10.7. The van der Waals surface area contributed by atoms with Crippen molar-refractivity contribution >= 4 is 11.6 Å². The van der Waals surface area contributed by atoms with Crippen LogP contribution in [0.25, 0.3) is 11.4 Å². The van der Waals surface area contributed by atoms with Gasteiger partial charge in [0.2, 0.25) is 0 Å². The first-order valence-corrected chi connectivity index (χ1v) is 5.54. The highest BCUT2D eigenvalue weighted by atomic mass is 35.5. The van der Waals surface area contributed by atoms with Crippen LogP contribution in [0.3, 0.4) is 0 Å². The maximum absolute atomic E-state index is 6.03. The molecular weight excluding hydrogens is 222 g/mol. The van der Waals surface area contributed by atoms with Gasteiger partial charge in [-0.25, -0.2) is 4.98 Å². The van der Waals surface area contributed by atoms with Crippen molar-refractivity contribution in [3.8, 4) is 11.4 Å². The first-order chi connectivity index (χ1) is 7.70.